The highest BCUT2D eigenvalue weighted by Crippen LogP contribution is 2.39. The van der Waals surface area contributed by atoms with Crippen LogP contribution in [-0.2, 0) is 12.8 Å². The topological polar surface area (TPSA) is 9.23 Å². The first-order valence-corrected chi connectivity index (χ1v) is 16.1. The fraction of sp³-hybridized carbons (Fsp3) is 0.526. The molecule has 40 heavy (non-hydrogen) atoms. The summed E-state index contributed by atoms with van der Waals surface area (Å²) in [6.45, 7) is 14.4. The summed E-state index contributed by atoms with van der Waals surface area (Å²) in [5.41, 5.74) is 8.08. The third-order valence-corrected chi connectivity index (χ3v) is 10.2. The lowest BCUT2D eigenvalue weighted by atomic mass is 9.77. The van der Waals surface area contributed by atoms with E-state index < -0.39 is 0 Å². The average Bonchev–Trinajstić information content (AvgIpc) is 2.99. The van der Waals surface area contributed by atoms with Gasteiger partial charge < -0.3 is 4.74 Å². The zero-order chi connectivity index (χ0) is 28.7. The van der Waals surface area contributed by atoms with Crippen LogP contribution in [0.15, 0.2) is 54.6 Å². The van der Waals surface area contributed by atoms with Crippen LogP contribution < -0.4 is 4.74 Å². The molecule has 0 heterocycles. The van der Waals surface area contributed by atoms with Gasteiger partial charge in [-0.3, -0.25) is 0 Å². The van der Waals surface area contributed by atoms with Crippen LogP contribution in [0, 0.1) is 17.2 Å². The first-order valence-electron chi connectivity index (χ1n) is 16.1. The van der Waals surface area contributed by atoms with Gasteiger partial charge in [0.05, 0.1) is 6.61 Å². The Morgan fingerprint density at radius 2 is 1.32 bits per heavy atom. The molecule has 1 aliphatic rings. The third kappa shape index (κ3) is 6.81. The molecule has 0 spiro atoms. The molecular formula is C38H51FO. The van der Waals surface area contributed by atoms with E-state index >= 15 is 4.39 Å². The van der Waals surface area contributed by atoms with Gasteiger partial charge in [-0.25, -0.2) is 4.39 Å². The van der Waals surface area contributed by atoms with E-state index in [1.165, 1.54) is 72.8 Å². The minimum Gasteiger partial charge on any atom is -0.493 e. The SMILES string of the molecule is CCc1cc(-c2ccc(-c3ccc(C4CCC(C)CC4)cc3F)c(CC)c2)ccc1OCCC(CC)(CC)CC. The summed E-state index contributed by atoms with van der Waals surface area (Å²) in [5, 5.41) is 0. The van der Waals surface area contributed by atoms with Gasteiger partial charge in [-0.1, -0.05) is 110 Å². The second kappa shape index (κ2) is 13.8. The molecule has 0 aliphatic heterocycles. The van der Waals surface area contributed by atoms with Crippen LogP contribution in [0.4, 0.5) is 4.39 Å². The third-order valence-electron chi connectivity index (χ3n) is 10.2. The number of benzene rings is 3. The predicted molar refractivity (Wildman–Crippen MR) is 170 cm³/mol. The molecule has 3 aromatic carbocycles. The van der Waals surface area contributed by atoms with Crippen LogP contribution >= 0.6 is 0 Å². The largest absolute Gasteiger partial charge is 0.493 e. The van der Waals surface area contributed by atoms with E-state index in [1.54, 1.807) is 6.07 Å². The molecule has 4 rings (SSSR count). The fourth-order valence-electron chi connectivity index (χ4n) is 6.76. The van der Waals surface area contributed by atoms with E-state index in [0.29, 0.717) is 11.3 Å². The number of halogens is 1. The van der Waals surface area contributed by atoms with Gasteiger partial charge in [-0.15, -0.1) is 0 Å². The molecule has 0 radical (unpaired) electrons. The normalized spacial score (nSPS) is 17.7. The number of hydrogen-bond donors (Lipinski definition) is 0. The van der Waals surface area contributed by atoms with Crippen molar-refractivity contribution in [3.63, 3.8) is 0 Å². The molecule has 0 bridgehead atoms. The zero-order valence-electron chi connectivity index (χ0n) is 25.9. The van der Waals surface area contributed by atoms with E-state index in [0.717, 1.165) is 48.7 Å². The van der Waals surface area contributed by atoms with Crippen molar-refractivity contribution in [3.8, 4) is 28.0 Å². The van der Waals surface area contributed by atoms with Crippen molar-refractivity contribution in [2.45, 2.75) is 112 Å². The first-order chi connectivity index (χ1) is 19.4. The van der Waals surface area contributed by atoms with E-state index in [2.05, 4.69) is 84.0 Å². The van der Waals surface area contributed by atoms with Gasteiger partial charge in [0.1, 0.15) is 11.6 Å². The highest BCUT2D eigenvalue weighted by Gasteiger charge is 2.24. The minimum atomic E-state index is -0.0911. The molecule has 0 N–H and O–H groups in total. The molecule has 0 aromatic heterocycles. The van der Waals surface area contributed by atoms with Crippen molar-refractivity contribution >= 4 is 0 Å². The van der Waals surface area contributed by atoms with Gasteiger partial charge in [0.25, 0.3) is 0 Å². The van der Waals surface area contributed by atoms with Crippen molar-refractivity contribution < 1.29 is 9.13 Å². The summed E-state index contributed by atoms with van der Waals surface area (Å²) in [7, 11) is 0. The molecule has 3 aromatic rings. The molecular weight excluding hydrogens is 491 g/mol. The summed E-state index contributed by atoms with van der Waals surface area (Å²) in [5.74, 6) is 2.22. The van der Waals surface area contributed by atoms with Gasteiger partial charge in [0, 0.05) is 5.56 Å². The Labute approximate surface area is 243 Å². The van der Waals surface area contributed by atoms with Crippen molar-refractivity contribution in [3.05, 3.63) is 77.1 Å². The van der Waals surface area contributed by atoms with Gasteiger partial charge in [0.2, 0.25) is 0 Å². The smallest absolute Gasteiger partial charge is 0.131 e. The molecule has 1 aliphatic carbocycles. The predicted octanol–water partition coefficient (Wildman–Crippen LogP) is 11.6. The number of ether oxygens (including phenoxy) is 1. The lowest BCUT2D eigenvalue weighted by Crippen LogP contribution is -2.21. The van der Waals surface area contributed by atoms with Crippen molar-refractivity contribution in [1.82, 2.24) is 0 Å². The Hall–Kier alpha value is -2.61. The molecule has 216 valence electrons. The summed E-state index contributed by atoms with van der Waals surface area (Å²) in [6.07, 6.45) is 11.3. The molecule has 0 atom stereocenters. The van der Waals surface area contributed by atoms with Crippen LogP contribution in [0.25, 0.3) is 22.3 Å². The molecule has 2 heteroatoms. The van der Waals surface area contributed by atoms with Crippen molar-refractivity contribution in [2.24, 2.45) is 11.3 Å². The van der Waals surface area contributed by atoms with E-state index in [9.17, 15) is 0 Å². The summed E-state index contributed by atoms with van der Waals surface area (Å²) >= 11 is 0. The maximum Gasteiger partial charge on any atom is 0.131 e. The summed E-state index contributed by atoms with van der Waals surface area (Å²) in [6, 6.07) is 19.1. The molecule has 1 saturated carbocycles. The standard InChI is InChI=1S/C38H51FO/c1-7-28-24-31(32-18-21-37(29(8-2)25-32)40-23-22-38(9-3,10-4)11-5)16-19-34(28)35-20-17-33(26-36(35)39)30-14-12-27(6)13-15-30/h16-21,24-27,30H,7-15,22-23H2,1-6H3. The Balaban J connectivity index is 1.53. The Kier molecular flexibility index (Phi) is 10.5. The number of aryl methyl sites for hydroxylation is 2. The second-order valence-electron chi connectivity index (χ2n) is 12.3. The lowest BCUT2D eigenvalue weighted by Gasteiger charge is -2.30. The maximum atomic E-state index is 15.5. The lowest BCUT2D eigenvalue weighted by molar-refractivity contribution is 0.173. The van der Waals surface area contributed by atoms with Crippen molar-refractivity contribution in [2.75, 3.05) is 6.61 Å². The summed E-state index contributed by atoms with van der Waals surface area (Å²) < 4.78 is 21.8. The summed E-state index contributed by atoms with van der Waals surface area (Å²) in [4.78, 5) is 0. The van der Waals surface area contributed by atoms with Crippen molar-refractivity contribution in [1.29, 1.82) is 0 Å². The Morgan fingerprint density at radius 1 is 0.725 bits per heavy atom. The quantitative estimate of drug-likeness (QED) is 0.221. The highest BCUT2D eigenvalue weighted by atomic mass is 19.1. The number of hydrogen-bond acceptors (Lipinski definition) is 1. The van der Waals surface area contributed by atoms with E-state index in [1.807, 2.05) is 6.07 Å². The van der Waals surface area contributed by atoms with E-state index in [4.69, 9.17) is 4.74 Å². The average molecular weight is 543 g/mol. The zero-order valence-corrected chi connectivity index (χ0v) is 25.9. The fourth-order valence-corrected chi connectivity index (χ4v) is 6.76. The molecule has 0 amide bonds. The Bertz CT molecular complexity index is 1240. The molecule has 0 saturated heterocycles. The van der Waals surface area contributed by atoms with Crippen LogP contribution in [0.3, 0.4) is 0 Å². The van der Waals surface area contributed by atoms with Gasteiger partial charge >= 0.3 is 0 Å². The van der Waals surface area contributed by atoms with Gasteiger partial charge in [-0.05, 0) is 101 Å². The highest BCUT2D eigenvalue weighted by molar-refractivity contribution is 5.75. The van der Waals surface area contributed by atoms with Crippen LogP contribution in [0.2, 0.25) is 0 Å². The monoisotopic (exact) mass is 542 g/mol. The van der Waals surface area contributed by atoms with E-state index in [-0.39, 0.29) is 5.82 Å². The molecule has 0 unspecified atom stereocenters. The molecule has 1 nitrogen and oxygen atoms in total. The number of rotatable bonds is 12. The van der Waals surface area contributed by atoms with Gasteiger partial charge in [0.15, 0.2) is 0 Å². The Morgan fingerprint density at radius 3 is 1.93 bits per heavy atom. The maximum absolute atomic E-state index is 15.5. The van der Waals surface area contributed by atoms with Crippen LogP contribution in [0.1, 0.15) is 116 Å². The second-order valence-corrected chi connectivity index (χ2v) is 12.3. The van der Waals surface area contributed by atoms with Crippen LogP contribution in [-0.4, -0.2) is 6.61 Å². The van der Waals surface area contributed by atoms with Gasteiger partial charge in [-0.2, -0.15) is 0 Å². The van der Waals surface area contributed by atoms with Crippen LogP contribution in [0.5, 0.6) is 5.75 Å². The first kappa shape index (κ1) is 30.4. The minimum absolute atomic E-state index is 0.0911. The molecule has 1 fully saturated rings.